The number of nitrogens with two attached hydrogens (primary N) is 2. The van der Waals surface area contributed by atoms with Gasteiger partial charge in [-0.3, -0.25) is 4.79 Å². The first kappa shape index (κ1) is 13.7. The number of rotatable bonds is 3. The maximum absolute atomic E-state index is 12.1. The van der Waals surface area contributed by atoms with Gasteiger partial charge in [0.2, 0.25) is 0 Å². The summed E-state index contributed by atoms with van der Waals surface area (Å²) in [5.74, 6) is -0.157. The van der Waals surface area contributed by atoms with Crippen LogP contribution in [0.3, 0.4) is 0 Å². The van der Waals surface area contributed by atoms with E-state index in [1.165, 1.54) is 0 Å². The van der Waals surface area contributed by atoms with Crippen molar-refractivity contribution in [1.29, 1.82) is 0 Å². The van der Waals surface area contributed by atoms with E-state index in [0.29, 0.717) is 11.3 Å². The number of ketones is 1. The fourth-order valence-electron chi connectivity index (χ4n) is 2.20. The Bertz CT molecular complexity index is 790. The highest BCUT2D eigenvalue weighted by molar-refractivity contribution is 7.21. The Kier molecular flexibility index (Phi) is 3.45. The molecule has 4 nitrogen and oxygen atoms in total. The number of Topliss-reactive ketones (excluding diaryl/α,β-unsaturated/α-hetero) is 1. The number of nitrogens with zero attached hydrogens (tertiary/aromatic N) is 1. The zero-order chi connectivity index (χ0) is 15.0. The summed E-state index contributed by atoms with van der Waals surface area (Å²) in [6.45, 7) is 1.66. The highest BCUT2D eigenvalue weighted by atomic mass is 32.1. The third kappa shape index (κ3) is 2.41. The maximum Gasteiger partial charge on any atom is 0.181 e. The molecular weight excluding hydrogens is 282 g/mol. The van der Waals surface area contributed by atoms with E-state index >= 15 is 0 Å². The third-order valence-electron chi connectivity index (χ3n) is 3.31. The Balaban J connectivity index is 2.14. The summed E-state index contributed by atoms with van der Waals surface area (Å²) >= 11 is 1.56. The van der Waals surface area contributed by atoms with Crippen LogP contribution in [0.5, 0.6) is 0 Å². The van der Waals surface area contributed by atoms with Gasteiger partial charge in [-0.25, -0.2) is 4.98 Å². The topological polar surface area (TPSA) is 82.0 Å². The van der Waals surface area contributed by atoms with Crippen LogP contribution in [0.25, 0.3) is 20.8 Å². The van der Waals surface area contributed by atoms with Gasteiger partial charge in [-0.2, -0.15) is 0 Å². The molecule has 2 aromatic carbocycles. The van der Waals surface area contributed by atoms with E-state index in [4.69, 9.17) is 11.5 Å². The van der Waals surface area contributed by atoms with Crippen molar-refractivity contribution in [3.8, 4) is 10.6 Å². The summed E-state index contributed by atoms with van der Waals surface area (Å²) in [6.07, 6.45) is 0. The molecular formula is C16H15N3OS. The molecule has 0 aliphatic carbocycles. The van der Waals surface area contributed by atoms with Crippen molar-refractivity contribution in [2.24, 2.45) is 5.73 Å². The molecule has 1 aromatic heterocycles. The SMILES string of the molecule is C[C@H](N)C(=O)c1cccc(-c2nc3ccccc3s2)c1N. The molecule has 0 bridgehead atoms. The third-order valence-corrected chi connectivity index (χ3v) is 4.38. The van der Waals surface area contributed by atoms with Gasteiger partial charge in [0.25, 0.3) is 0 Å². The first-order valence-corrected chi connectivity index (χ1v) is 7.44. The van der Waals surface area contributed by atoms with Crippen LogP contribution >= 0.6 is 11.3 Å². The number of benzene rings is 2. The predicted octanol–water partition coefficient (Wildman–Crippen LogP) is 3.08. The summed E-state index contributed by atoms with van der Waals surface area (Å²) in [5.41, 5.74) is 14.4. The molecule has 0 aliphatic heterocycles. The average molecular weight is 297 g/mol. The summed E-state index contributed by atoms with van der Waals surface area (Å²) in [5, 5.41) is 0.813. The van der Waals surface area contributed by atoms with Gasteiger partial charge < -0.3 is 11.5 Å². The van der Waals surface area contributed by atoms with Crippen molar-refractivity contribution < 1.29 is 4.79 Å². The number of fused-ring (bicyclic) bond motifs is 1. The number of carbonyl (C=O) groups is 1. The maximum atomic E-state index is 12.1. The van der Waals surface area contributed by atoms with E-state index < -0.39 is 6.04 Å². The van der Waals surface area contributed by atoms with Gasteiger partial charge in [-0.15, -0.1) is 11.3 Å². The van der Waals surface area contributed by atoms with Crippen molar-refractivity contribution >= 4 is 33.0 Å². The standard InChI is InChI=1S/C16H15N3OS/c1-9(17)15(20)10-5-4-6-11(14(10)18)16-19-12-7-2-3-8-13(12)21-16/h2-9H,17-18H2,1H3/t9-/m0/s1. The molecule has 1 atom stereocenters. The number of nitrogen functional groups attached to an aromatic ring is 1. The molecule has 3 rings (SSSR count). The second kappa shape index (κ2) is 5.27. The van der Waals surface area contributed by atoms with Crippen molar-refractivity contribution in [2.45, 2.75) is 13.0 Å². The lowest BCUT2D eigenvalue weighted by Crippen LogP contribution is -2.27. The van der Waals surface area contributed by atoms with E-state index in [1.807, 2.05) is 36.4 Å². The molecule has 0 aliphatic rings. The van der Waals surface area contributed by atoms with Crippen LogP contribution in [0.4, 0.5) is 5.69 Å². The van der Waals surface area contributed by atoms with Crippen LogP contribution in [0.15, 0.2) is 42.5 Å². The van der Waals surface area contributed by atoms with Crippen LogP contribution < -0.4 is 11.5 Å². The van der Waals surface area contributed by atoms with E-state index in [-0.39, 0.29) is 5.78 Å². The van der Waals surface area contributed by atoms with Gasteiger partial charge >= 0.3 is 0 Å². The second-order valence-corrected chi connectivity index (χ2v) is 5.94. The monoisotopic (exact) mass is 297 g/mol. The van der Waals surface area contributed by atoms with Gasteiger partial charge in [0.15, 0.2) is 5.78 Å². The number of thiazole rings is 1. The van der Waals surface area contributed by atoms with Crippen molar-refractivity contribution in [2.75, 3.05) is 5.73 Å². The van der Waals surface area contributed by atoms with Crippen molar-refractivity contribution in [3.05, 3.63) is 48.0 Å². The fourth-order valence-corrected chi connectivity index (χ4v) is 3.20. The van der Waals surface area contributed by atoms with Crippen molar-refractivity contribution in [1.82, 2.24) is 4.98 Å². The van der Waals surface area contributed by atoms with Crippen LogP contribution in [-0.2, 0) is 0 Å². The van der Waals surface area contributed by atoms with Crippen LogP contribution in [0, 0.1) is 0 Å². The normalized spacial score (nSPS) is 12.5. The van der Waals surface area contributed by atoms with E-state index in [1.54, 1.807) is 24.3 Å². The predicted molar refractivity (Wildman–Crippen MR) is 87.4 cm³/mol. The molecule has 21 heavy (non-hydrogen) atoms. The molecule has 5 heteroatoms. The summed E-state index contributed by atoms with van der Waals surface area (Å²) in [6, 6.07) is 12.7. The Hall–Kier alpha value is -2.24. The minimum atomic E-state index is -0.571. The molecule has 0 saturated carbocycles. The number of hydrogen-bond acceptors (Lipinski definition) is 5. The summed E-state index contributed by atoms with van der Waals surface area (Å²) in [7, 11) is 0. The van der Waals surface area contributed by atoms with Gasteiger partial charge in [0.05, 0.1) is 21.9 Å². The lowest BCUT2D eigenvalue weighted by molar-refractivity contribution is 0.0969. The smallest absolute Gasteiger partial charge is 0.181 e. The van der Waals surface area contributed by atoms with Gasteiger partial charge in [0, 0.05) is 11.1 Å². The molecule has 0 amide bonds. The minimum Gasteiger partial charge on any atom is -0.398 e. The molecule has 0 unspecified atom stereocenters. The second-order valence-electron chi connectivity index (χ2n) is 4.91. The Labute approximate surface area is 126 Å². The number of anilines is 1. The molecule has 4 N–H and O–H groups in total. The van der Waals surface area contributed by atoms with Gasteiger partial charge in [0.1, 0.15) is 5.01 Å². The number of para-hydroxylation sites is 2. The van der Waals surface area contributed by atoms with Crippen molar-refractivity contribution in [3.63, 3.8) is 0 Å². The highest BCUT2D eigenvalue weighted by Gasteiger charge is 2.18. The highest BCUT2D eigenvalue weighted by Crippen LogP contribution is 2.34. The van der Waals surface area contributed by atoms with Crippen LogP contribution in [0.2, 0.25) is 0 Å². The molecule has 106 valence electrons. The average Bonchev–Trinajstić information content (AvgIpc) is 2.90. The number of carbonyl (C=O) groups excluding carboxylic acids is 1. The lowest BCUT2D eigenvalue weighted by atomic mass is 10.0. The zero-order valence-corrected chi connectivity index (χ0v) is 12.4. The Morgan fingerprint density at radius 1 is 1.19 bits per heavy atom. The lowest BCUT2D eigenvalue weighted by Gasteiger charge is -2.10. The number of aromatic nitrogens is 1. The molecule has 0 spiro atoms. The summed E-state index contributed by atoms with van der Waals surface area (Å²) in [4.78, 5) is 16.7. The molecule has 0 saturated heterocycles. The minimum absolute atomic E-state index is 0.157. The van der Waals surface area contributed by atoms with Crippen LogP contribution in [0.1, 0.15) is 17.3 Å². The Morgan fingerprint density at radius 3 is 2.67 bits per heavy atom. The zero-order valence-electron chi connectivity index (χ0n) is 11.5. The van der Waals surface area contributed by atoms with E-state index in [0.717, 1.165) is 20.8 Å². The van der Waals surface area contributed by atoms with Gasteiger partial charge in [-0.1, -0.05) is 18.2 Å². The Morgan fingerprint density at radius 2 is 1.95 bits per heavy atom. The molecule has 0 radical (unpaired) electrons. The number of hydrogen-bond donors (Lipinski definition) is 2. The first-order chi connectivity index (χ1) is 10.1. The quantitative estimate of drug-likeness (QED) is 0.575. The van der Waals surface area contributed by atoms with Gasteiger partial charge in [-0.05, 0) is 31.2 Å². The molecule has 0 fully saturated rings. The van der Waals surface area contributed by atoms with E-state index in [9.17, 15) is 4.79 Å². The largest absolute Gasteiger partial charge is 0.398 e. The summed E-state index contributed by atoms with van der Waals surface area (Å²) < 4.78 is 1.09. The fraction of sp³-hybridized carbons (Fsp3) is 0.125. The van der Waals surface area contributed by atoms with Crippen LogP contribution in [-0.4, -0.2) is 16.8 Å². The molecule has 1 heterocycles. The van der Waals surface area contributed by atoms with E-state index in [2.05, 4.69) is 4.98 Å². The molecule has 3 aromatic rings. The first-order valence-electron chi connectivity index (χ1n) is 6.62.